The van der Waals surface area contributed by atoms with E-state index in [0.717, 1.165) is 18.1 Å². The van der Waals surface area contributed by atoms with Crippen molar-refractivity contribution < 1.29 is 13.2 Å². The van der Waals surface area contributed by atoms with Crippen molar-refractivity contribution in [2.24, 2.45) is 0 Å². The normalized spacial score (nSPS) is 17.4. The Bertz CT molecular complexity index is 710. The maximum Gasteiger partial charge on any atom is 0.433 e. The van der Waals surface area contributed by atoms with E-state index in [9.17, 15) is 13.2 Å². The Kier molecular flexibility index (Phi) is 5.50. The SMILES string of the molecule is FC(F)(F)c1cc(C2CC=CS2)nc(SCCc2ccccc2)n1. The Morgan fingerprint density at radius 1 is 1.17 bits per heavy atom. The van der Waals surface area contributed by atoms with E-state index in [4.69, 9.17) is 0 Å². The molecule has 0 saturated carbocycles. The monoisotopic (exact) mass is 368 g/mol. The summed E-state index contributed by atoms with van der Waals surface area (Å²) in [5.74, 6) is 0.640. The van der Waals surface area contributed by atoms with Gasteiger partial charge in [-0.2, -0.15) is 13.2 Å². The third-order valence-electron chi connectivity index (χ3n) is 3.50. The van der Waals surface area contributed by atoms with Gasteiger partial charge in [0, 0.05) is 5.75 Å². The highest BCUT2D eigenvalue weighted by Crippen LogP contribution is 2.39. The summed E-state index contributed by atoms with van der Waals surface area (Å²) in [5, 5.41) is 2.05. The minimum atomic E-state index is -4.46. The fraction of sp³-hybridized carbons (Fsp3) is 0.294. The van der Waals surface area contributed by atoms with Crippen molar-refractivity contribution in [2.75, 3.05) is 5.75 Å². The Hall–Kier alpha value is -1.47. The quantitative estimate of drug-likeness (QED) is 0.512. The summed E-state index contributed by atoms with van der Waals surface area (Å²) in [7, 11) is 0. The number of nitrogens with zero attached hydrogens (tertiary/aromatic N) is 2. The van der Waals surface area contributed by atoms with Gasteiger partial charge >= 0.3 is 6.18 Å². The topological polar surface area (TPSA) is 25.8 Å². The molecule has 3 rings (SSSR count). The minimum absolute atomic E-state index is 0.0532. The van der Waals surface area contributed by atoms with Gasteiger partial charge < -0.3 is 0 Å². The molecular formula is C17H15F3N2S2. The van der Waals surface area contributed by atoms with Crippen molar-refractivity contribution in [3.05, 3.63) is 64.8 Å². The average molecular weight is 368 g/mol. The number of benzene rings is 1. The van der Waals surface area contributed by atoms with Crippen LogP contribution in [0.15, 0.2) is 53.0 Å². The van der Waals surface area contributed by atoms with E-state index >= 15 is 0 Å². The maximum atomic E-state index is 13.1. The van der Waals surface area contributed by atoms with Crippen LogP contribution in [-0.2, 0) is 12.6 Å². The molecule has 1 aliphatic rings. The van der Waals surface area contributed by atoms with Crippen molar-refractivity contribution in [1.82, 2.24) is 9.97 Å². The largest absolute Gasteiger partial charge is 0.433 e. The minimum Gasteiger partial charge on any atom is -0.226 e. The molecule has 7 heteroatoms. The highest BCUT2D eigenvalue weighted by molar-refractivity contribution is 8.02. The predicted octanol–water partition coefficient (Wildman–Crippen LogP) is 5.52. The van der Waals surface area contributed by atoms with Crippen LogP contribution in [0.25, 0.3) is 0 Å². The van der Waals surface area contributed by atoms with Crippen LogP contribution in [0, 0.1) is 0 Å². The average Bonchev–Trinajstić information content (AvgIpc) is 3.09. The van der Waals surface area contributed by atoms with Crippen molar-refractivity contribution in [3.8, 4) is 0 Å². The summed E-state index contributed by atoms with van der Waals surface area (Å²) in [6.45, 7) is 0. The van der Waals surface area contributed by atoms with Gasteiger partial charge in [-0.3, -0.25) is 0 Å². The van der Waals surface area contributed by atoms with Gasteiger partial charge in [-0.25, -0.2) is 9.97 Å². The number of hydrogen-bond donors (Lipinski definition) is 0. The third-order valence-corrected chi connectivity index (χ3v) is 5.46. The second-order valence-corrected chi connectivity index (χ2v) is 7.45. The molecule has 0 aliphatic carbocycles. The summed E-state index contributed by atoms with van der Waals surface area (Å²) >= 11 is 2.76. The van der Waals surface area contributed by atoms with E-state index in [0.29, 0.717) is 17.9 Å². The maximum absolute atomic E-state index is 13.1. The molecule has 2 heterocycles. The van der Waals surface area contributed by atoms with Crippen LogP contribution >= 0.6 is 23.5 Å². The molecule has 0 fully saturated rings. The number of thioether (sulfide) groups is 2. The van der Waals surface area contributed by atoms with Crippen LogP contribution in [0.4, 0.5) is 13.2 Å². The standard InChI is InChI=1S/C17H15F3N2S2/c18-17(19,20)15-11-13(14-7-4-9-23-14)21-16(22-15)24-10-8-12-5-2-1-3-6-12/h1-6,9,11,14H,7-8,10H2. The van der Waals surface area contributed by atoms with Crippen LogP contribution in [0.2, 0.25) is 0 Å². The molecule has 0 N–H and O–H groups in total. The summed E-state index contributed by atoms with van der Waals surface area (Å²) in [5.41, 5.74) is 0.740. The lowest BCUT2D eigenvalue weighted by Gasteiger charge is -2.13. The van der Waals surface area contributed by atoms with E-state index in [2.05, 4.69) is 9.97 Å². The lowest BCUT2D eigenvalue weighted by atomic mass is 10.2. The number of allylic oxidation sites excluding steroid dienone is 1. The summed E-state index contributed by atoms with van der Waals surface area (Å²) < 4.78 is 39.3. The first-order valence-corrected chi connectivity index (χ1v) is 9.38. The Labute approximate surface area is 147 Å². The van der Waals surface area contributed by atoms with Gasteiger partial charge in [0.1, 0.15) is 5.69 Å². The van der Waals surface area contributed by atoms with Crippen LogP contribution in [0.3, 0.4) is 0 Å². The molecule has 0 amide bonds. The van der Waals surface area contributed by atoms with E-state index in [1.54, 1.807) is 0 Å². The van der Waals surface area contributed by atoms with Gasteiger partial charge in [0.05, 0.1) is 10.9 Å². The van der Waals surface area contributed by atoms with Crippen LogP contribution in [0.1, 0.15) is 28.6 Å². The van der Waals surface area contributed by atoms with Crippen LogP contribution < -0.4 is 0 Å². The van der Waals surface area contributed by atoms with Gasteiger partial charge in [0.15, 0.2) is 5.16 Å². The predicted molar refractivity (Wildman–Crippen MR) is 92.0 cm³/mol. The van der Waals surface area contributed by atoms with Crippen molar-refractivity contribution in [1.29, 1.82) is 0 Å². The molecule has 0 bridgehead atoms. The summed E-state index contributed by atoms with van der Waals surface area (Å²) in [6.07, 6.45) is -1.04. The molecule has 2 aromatic rings. The second-order valence-electron chi connectivity index (χ2n) is 5.27. The third kappa shape index (κ3) is 4.54. The molecule has 1 unspecified atom stereocenters. The first-order valence-electron chi connectivity index (χ1n) is 7.46. The van der Waals surface area contributed by atoms with Crippen molar-refractivity contribution in [2.45, 2.75) is 29.4 Å². The molecule has 0 spiro atoms. The first-order chi connectivity index (χ1) is 11.5. The molecule has 0 saturated heterocycles. The molecular weight excluding hydrogens is 353 g/mol. The number of aryl methyl sites for hydroxylation is 1. The van der Waals surface area contributed by atoms with E-state index in [1.807, 2.05) is 41.8 Å². The van der Waals surface area contributed by atoms with Crippen molar-refractivity contribution >= 4 is 23.5 Å². The number of rotatable bonds is 5. The van der Waals surface area contributed by atoms with E-state index < -0.39 is 11.9 Å². The van der Waals surface area contributed by atoms with Gasteiger partial charge in [-0.15, -0.1) is 11.8 Å². The number of hydrogen-bond acceptors (Lipinski definition) is 4. The second kappa shape index (κ2) is 7.61. The van der Waals surface area contributed by atoms with Gasteiger partial charge in [0.25, 0.3) is 0 Å². The smallest absolute Gasteiger partial charge is 0.226 e. The fourth-order valence-corrected chi connectivity index (χ4v) is 4.05. The van der Waals surface area contributed by atoms with Crippen LogP contribution in [-0.4, -0.2) is 15.7 Å². The first kappa shape index (κ1) is 17.4. The molecule has 24 heavy (non-hydrogen) atoms. The van der Waals surface area contributed by atoms with Gasteiger partial charge in [0.2, 0.25) is 0 Å². The number of alkyl halides is 3. The summed E-state index contributed by atoms with van der Waals surface area (Å²) in [6, 6.07) is 10.9. The zero-order valence-corrected chi connectivity index (χ0v) is 14.3. The highest BCUT2D eigenvalue weighted by Gasteiger charge is 2.34. The van der Waals surface area contributed by atoms with Gasteiger partial charge in [-0.1, -0.05) is 48.2 Å². The molecule has 0 radical (unpaired) electrons. The molecule has 2 nitrogen and oxygen atoms in total. The lowest BCUT2D eigenvalue weighted by molar-refractivity contribution is -0.141. The summed E-state index contributed by atoms with van der Waals surface area (Å²) in [4.78, 5) is 8.06. The molecule has 1 atom stereocenters. The molecule has 126 valence electrons. The lowest BCUT2D eigenvalue weighted by Crippen LogP contribution is -2.12. The Morgan fingerprint density at radius 3 is 2.62 bits per heavy atom. The molecule has 1 aliphatic heterocycles. The molecule has 1 aromatic carbocycles. The van der Waals surface area contributed by atoms with Gasteiger partial charge in [-0.05, 0) is 29.9 Å². The zero-order valence-electron chi connectivity index (χ0n) is 12.7. The number of halogens is 3. The van der Waals surface area contributed by atoms with E-state index in [-0.39, 0.29) is 10.4 Å². The zero-order chi connectivity index (χ0) is 17.0. The van der Waals surface area contributed by atoms with Crippen LogP contribution in [0.5, 0.6) is 0 Å². The van der Waals surface area contributed by atoms with E-state index in [1.165, 1.54) is 23.5 Å². The Morgan fingerprint density at radius 2 is 1.96 bits per heavy atom. The highest BCUT2D eigenvalue weighted by atomic mass is 32.2. The molecule has 1 aromatic heterocycles. The number of aromatic nitrogens is 2. The fourth-order valence-electron chi connectivity index (χ4n) is 2.30. The van der Waals surface area contributed by atoms with Crippen molar-refractivity contribution in [3.63, 3.8) is 0 Å². The Balaban J connectivity index is 1.74.